The zero-order valence-corrected chi connectivity index (χ0v) is 11.7. The number of benzene rings is 1. The fraction of sp³-hybridized carbons (Fsp3) is 0.625. The third kappa shape index (κ3) is 3.82. The molecule has 100 valence electrons. The fourth-order valence-electron chi connectivity index (χ4n) is 2.76. The average Bonchev–Trinajstić information content (AvgIpc) is 2.43. The number of hydrogen-bond acceptors (Lipinski definition) is 2. The van der Waals surface area contributed by atoms with Crippen molar-refractivity contribution in [1.29, 1.82) is 0 Å². The molecule has 0 saturated carbocycles. The molecule has 2 rings (SSSR count). The van der Waals surface area contributed by atoms with Gasteiger partial charge in [0.2, 0.25) is 0 Å². The van der Waals surface area contributed by atoms with Crippen LogP contribution in [0.5, 0.6) is 0 Å². The van der Waals surface area contributed by atoms with E-state index >= 15 is 0 Å². The molecule has 0 aliphatic carbocycles. The summed E-state index contributed by atoms with van der Waals surface area (Å²) in [7, 11) is 2.07. The van der Waals surface area contributed by atoms with Crippen LogP contribution in [0.1, 0.15) is 37.8 Å². The first-order valence-electron chi connectivity index (χ1n) is 7.24. The van der Waals surface area contributed by atoms with E-state index in [9.17, 15) is 0 Å². The first-order chi connectivity index (χ1) is 8.79. The second-order valence-corrected chi connectivity index (χ2v) is 5.56. The third-order valence-electron chi connectivity index (χ3n) is 4.16. The van der Waals surface area contributed by atoms with Crippen LogP contribution in [0.2, 0.25) is 0 Å². The van der Waals surface area contributed by atoms with Gasteiger partial charge in [0.25, 0.3) is 0 Å². The van der Waals surface area contributed by atoms with Crippen LogP contribution in [0.3, 0.4) is 0 Å². The molecule has 1 heterocycles. The molecule has 1 aliphatic heterocycles. The van der Waals surface area contributed by atoms with E-state index in [0.29, 0.717) is 6.04 Å². The van der Waals surface area contributed by atoms with Gasteiger partial charge in [0, 0.05) is 6.04 Å². The van der Waals surface area contributed by atoms with Crippen molar-refractivity contribution in [1.82, 2.24) is 10.2 Å². The summed E-state index contributed by atoms with van der Waals surface area (Å²) >= 11 is 0. The third-order valence-corrected chi connectivity index (χ3v) is 4.16. The van der Waals surface area contributed by atoms with Gasteiger partial charge in [0.15, 0.2) is 0 Å². The predicted molar refractivity (Wildman–Crippen MR) is 77.7 cm³/mol. The lowest BCUT2D eigenvalue weighted by Gasteiger charge is -2.31. The smallest absolute Gasteiger partial charge is 0.0329 e. The van der Waals surface area contributed by atoms with Crippen molar-refractivity contribution in [2.45, 2.75) is 32.2 Å². The summed E-state index contributed by atoms with van der Waals surface area (Å²) in [6, 6.07) is 11.3. The first-order valence-corrected chi connectivity index (χ1v) is 7.24. The van der Waals surface area contributed by atoms with Crippen molar-refractivity contribution < 1.29 is 0 Å². The molecule has 1 N–H and O–H groups in total. The second kappa shape index (κ2) is 6.91. The summed E-state index contributed by atoms with van der Waals surface area (Å²) in [6.07, 6.45) is 3.94. The Bertz CT molecular complexity index is 328. The molecule has 18 heavy (non-hydrogen) atoms. The maximum atomic E-state index is 3.44. The molecule has 1 unspecified atom stereocenters. The van der Waals surface area contributed by atoms with Crippen LogP contribution in [-0.2, 0) is 0 Å². The molecule has 1 aromatic carbocycles. The molecule has 0 radical (unpaired) electrons. The van der Waals surface area contributed by atoms with E-state index in [0.717, 1.165) is 5.92 Å². The Kier molecular flexibility index (Phi) is 5.21. The number of nitrogens with zero attached hydrogens (tertiary/aromatic N) is 1. The van der Waals surface area contributed by atoms with Crippen LogP contribution in [0.25, 0.3) is 0 Å². The molecule has 0 aromatic heterocycles. The highest BCUT2D eigenvalue weighted by Crippen LogP contribution is 2.20. The average molecular weight is 246 g/mol. The van der Waals surface area contributed by atoms with Gasteiger partial charge >= 0.3 is 0 Å². The van der Waals surface area contributed by atoms with E-state index in [2.05, 4.69) is 54.5 Å². The Morgan fingerprint density at radius 3 is 2.50 bits per heavy atom. The highest BCUT2D eigenvalue weighted by Gasteiger charge is 2.17. The van der Waals surface area contributed by atoms with Gasteiger partial charge < -0.3 is 10.2 Å². The van der Waals surface area contributed by atoms with E-state index in [1.165, 1.54) is 44.5 Å². The Hall–Kier alpha value is -0.860. The summed E-state index contributed by atoms with van der Waals surface area (Å²) in [5, 5.41) is 3.44. The van der Waals surface area contributed by atoms with Crippen molar-refractivity contribution in [2.24, 2.45) is 5.92 Å². The second-order valence-electron chi connectivity index (χ2n) is 5.56. The molecular formula is C16H26N2. The molecule has 1 atom stereocenters. The van der Waals surface area contributed by atoms with E-state index < -0.39 is 0 Å². The number of rotatable bonds is 5. The topological polar surface area (TPSA) is 15.3 Å². The van der Waals surface area contributed by atoms with Gasteiger partial charge in [-0.05, 0) is 57.4 Å². The van der Waals surface area contributed by atoms with Gasteiger partial charge in [-0.25, -0.2) is 0 Å². The quantitative estimate of drug-likeness (QED) is 0.859. The highest BCUT2D eigenvalue weighted by molar-refractivity contribution is 5.18. The maximum absolute atomic E-state index is 3.44. The molecule has 2 heteroatoms. The van der Waals surface area contributed by atoms with Gasteiger partial charge in [-0.3, -0.25) is 0 Å². The monoisotopic (exact) mass is 246 g/mol. The predicted octanol–water partition coefficient (Wildman–Crippen LogP) is 3.07. The van der Waals surface area contributed by atoms with Crippen LogP contribution in [0, 0.1) is 5.92 Å². The molecule has 1 aliphatic rings. The lowest BCUT2D eigenvalue weighted by Crippen LogP contribution is -2.35. The van der Waals surface area contributed by atoms with Crippen molar-refractivity contribution in [3.8, 4) is 0 Å². The van der Waals surface area contributed by atoms with E-state index in [4.69, 9.17) is 0 Å². The minimum atomic E-state index is 0.491. The standard InChI is InChI=1S/C16H26N2/c1-14-8-11-18(12-9-14)13-10-16(17-2)15-6-4-3-5-7-15/h3-7,14,16-17H,8-13H2,1-2H3. The Morgan fingerprint density at radius 2 is 1.89 bits per heavy atom. The van der Waals surface area contributed by atoms with Crippen LogP contribution in [0.4, 0.5) is 0 Å². The summed E-state index contributed by atoms with van der Waals surface area (Å²) in [5.74, 6) is 0.926. The largest absolute Gasteiger partial charge is 0.313 e. The van der Waals surface area contributed by atoms with Gasteiger partial charge in [-0.15, -0.1) is 0 Å². The van der Waals surface area contributed by atoms with Crippen molar-refractivity contribution in [2.75, 3.05) is 26.7 Å². The molecule has 1 fully saturated rings. The van der Waals surface area contributed by atoms with Gasteiger partial charge in [-0.2, -0.15) is 0 Å². The van der Waals surface area contributed by atoms with Gasteiger partial charge in [0.05, 0.1) is 0 Å². The number of hydrogen-bond donors (Lipinski definition) is 1. The van der Waals surface area contributed by atoms with Crippen molar-refractivity contribution in [3.05, 3.63) is 35.9 Å². The first kappa shape index (κ1) is 13.6. The number of nitrogens with one attached hydrogen (secondary N) is 1. The molecule has 1 aromatic rings. The van der Waals surface area contributed by atoms with Crippen LogP contribution >= 0.6 is 0 Å². The normalized spacial score (nSPS) is 19.9. The van der Waals surface area contributed by atoms with Gasteiger partial charge in [-0.1, -0.05) is 37.3 Å². The van der Waals surface area contributed by atoms with Crippen molar-refractivity contribution in [3.63, 3.8) is 0 Å². The molecular weight excluding hydrogens is 220 g/mol. The van der Waals surface area contributed by atoms with E-state index in [1.807, 2.05) is 0 Å². The van der Waals surface area contributed by atoms with Crippen LogP contribution < -0.4 is 5.32 Å². The van der Waals surface area contributed by atoms with Crippen LogP contribution in [0.15, 0.2) is 30.3 Å². The molecule has 0 amide bonds. The molecule has 2 nitrogen and oxygen atoms in total. The fourth-order valence-corrected chi connectivity index (χ4v) is 2.76. The Labute approximate surface area is 111 Å². The SMILES string of the molecule is CNC(CCN1CCC(C)CC1)c1ccccc1. The minimum Gasteiger partial charge on any atom is -0.313 e. The molecule has 1 saturated heterocycles. The molecule has 0 spiro atoms. The number of likely N-dealkylation sites (tertiary alicyclic amines) is 1. The lowest BCUT2D eigenvalue weighted by molar-refractivity contribution is 0.185. The maximum Gasteiger partial charge on any atom is 0.0329 e. The number of piperidine rings is 1. The summed E-state index contributed by atoms with van der Waals surface area (Å²) in [6.45, 7) is 6.16. The Balaban J connectivity index is 1.81. The molecule has 0 bridgehead atoms. The zero-order valence-electron chi connectivity index (χ0n) is 11.7. The zero-order chi connectivity index (χ0) is 12.8. The Morgan fingerprint density at radius 1 is 1.22 bits per heavy atom. The lowest BCUT2D eigenvalue weighted by atomic mass is 9.98. The summed E-state index contributed by atoms with van der Waals surface area (Å²) < 4.78 is 0. The highest BCUT2D eigenvalue weighted by atomic mass is 15.1. The van der Waals surface area contributed by atoms with E-state index in [1.54, 1.807) is 0 Å². The summed E-state index contributed by atoms with van der Waals surface area (Å²) in [4.78, 5) is 2.62. The van der Waals surface area contributed by atoms with Crippen molar-refractivity contribution >= 4 is 0 Å². The van der Waals surface area contributed by atoms with Crippen LogP contribution in [-0.4, -0.2) is 31.6 Å². The minimum absolute atomic E-state index is 0.491. The van der Waals surface area contributed by atoms with E-state index in [-0.39, 0.29) is 0 Å². The van der Waals surface area contributed by atoms with Gasteiger partial charge in [0.1, 0.15) is 0 Å². The summed E-state index contributed by atoms with van der Waals surface area (Å²) in [5.41, 5.74) is 1.41.